The second-order valence-corrected chi connectivity index (χ2v) is 6.78. The number of carbonyl (C=O) groups is 1. The van der Waals surface area contributed by atoms with Crippen molar-refractivity contribution in [1.29, 1.82) is 0 Å². The van der Waals surface area contributed by atoms with Gasteiger partial charge in [-0.15, -0.1) is 0 Å². The first-order valence-electron chi connectivity index (χ1n) is 8.48. The first kappa shape index (κ1) is 16.4. The third-order valence-corrected chi connectivity index (χ3v) is 5.20. The molecule has 3 nitrogen and oxygen atoms in total. The number of rotatable bonds is 5. The van der Waals surface area contributed by atoms with E-state index in [4.69, 9.17) is 0 Å². The quantitative estimate of drug-likeness (QED) is 0.904. The van der Waals surface area contributed by atoms with E-state index >= 15 is 0 Å². The van der Waals surface area contributed by atoms with Gasteiger partial charge in [-0.2, -0.15) is 0 Å². The summed E-state index contributed by atoms with van der Waals surface area (Å²) in [5, 5.41) is 3.17. The minimum Gasteiger partial charge on any atom is -0.342 e. The normalized spacial score (nSPS) is 24.7. The molecule has 0 spiro atoms. The molecule has 2 unspecified atom stereocenters. The number of amides is 1. The van der Waals surface area contributed by atoms with Crippen LogP contribution in [0.15, 0.2) is 18.2 Å². The average molecular weight is 322 g/mol. The van der Waals surface area contributed by atoms with Gasteiger partial charge in [0, 0.05) is 25.1 Å². The van der Waals surface area contributed by atoms with Gasteiger partial charge >= 0.3 is 0 Å². The van der Waals surface area contributed by atoms with E-state index in [-0.39, 0.29) is 17.7 Å². The molecule has 23 heavy (non-hydrogen) atoms. The molecule has 1 saturated heterocycles. The number of carbonyl (C=O) groups excluding carboxylic acids is 1. The molecule has 1 aromatic carbocycles. The van der Waals surface area contributed by atoms with Crippen LogP contribution in [-0.2, 0) is 4.79 Å². The molecule has 2 fully saturated rings. The highest BCUT2D eigenvalue weighted by Crippen LogP contribution is 2.49. The van der Waals surface area contributed by atoms with Crippen LogP contribution in [0, 0.1) is 23.5 Å². The third-order valence-electron chi connectivity index (χ3n) is 5.20. The molecule has 1 aromatic rings. The predicted molar refractivity (Wildman–Crippen MR) is 85.1 cm³/mol. The summed E-state index contributed by atoms with van der Waals surface area (Å²) in [6.45, 7) is 2.64. The van der Waals surface area contributed by atoms with Gasteiger partial charge < -0.3 is 10.2 Å². The summed E-state index contributed by atoms with van der Waals surface area (Å²) in [5.41, 5.74) is 0.480. The van der Waals surface area contributed by atoms with Gasteiger partial charge in [0.15, 0.2) is 0 Å². The van der Waals surface area contributed by atoms with Crippen molar-refractivity contribution in [1.82, 2.24) is 10.2 Å². The van der Waals surface area contributed by atoms with Crippen LogP contribution in [0.25, 0.3) is 0 Å². The number of hydrogen-bond donors (Lipinski definition) is 1. The van der Waals surface area contributed by atoms with Gasteiger partial charge in [0.25, 0.3) is 0 Å². The molecule has 2 atom stereocenters. The van der Waals surface area contributed by atoms with Crippen LogP contribution >= 0.6 is 0 Å². The van der Waals surface area contributed by atoms with Gasteiger partial charge in [0.1, 0.15) is 11.6 Å². The summed E-state index contributed by atoms with van der Waals surface area (Å²) in [5.74, 6) is -0.467. The molecule has 1 saturated carbocycles. The molecule has 5 heteroatoms. The molecular formula is C18H24F2N2O. The van der Waals surface area contributed by atoms with E-state index < -0.39 is 11.6 Å². The number of benzene rings is 1. The summed E-state index contributed by atoms with van der Waals surface area (Å²) >= 11 is 0. The standard InChI is InChI=1S/C18H24F2N2O/c1-21-7-4-12-5-8-22(9-6-12)18(23)16-11-15(16)14-3-2-13(19)10-17(14)20/h2-3,10,12,15-16,21H,4-9,11H2,1H3. The van der Waals surface area contributed by atoms with Crippen molar-refractivity contribution in [2.45, 2.75) is 31.6 Å². The van der Waals surface area contributed by atoms with Crippen molar-refractivity contribution in [3.63, 3.8) is 0 Å². The smallest absolute Gasteiger partial charge is 0.226 e. The lowest BCUT2D eigenvalue weighted by molar-refractivity contribution is -0.134. The fourth-order valence-corrected chi connectivity index (χ4v) is 3.64. The number of hydrogen-bond acceptors (Lipinski definition) is 2. The second kappa shape index (κ2) is 6.95. The Morgan fingerprint density at radius 1 is 1.30 bits per heavy atom. The minimum atomic E-state index is -0.571. The van der Waals surface area contributed by atoms with Crippen molar-refractivity contribution < 1.29 is 13.6 Å². The summed E-state index contributed by atoms with van der Waals surface area (Å²) in [6.07, 6.45) is 3.94. The lowest BCUT2D eigenvalue weighted by atomic mass is 9.93. The van der Waals surface area contributed by atoms with E-state index in [1.165, 1.54) is 12.1 Å². The van der Waals surface area contributed by atoms with Crippen molar-refractivity contribution in [2.75, 3.05) is 26.7 Å². The van der Waals surface area contributed by atoms with Crippen LogP contribution in [0.1, 0.15) is 37.2 Å². The summed E-state index contributed by atoms with van der Waals surface area (Å²) in [7, 11) is 1.96. The van der Waals surface area contributed by atoms with Crippen molar-refractivity contribution in [2.24, 2.45) is 11.8 Å². The average Bonchev–Trinajstić information content (AvgIpc) is 3.33. The van der Waals surface area contributed by atoms with Crippen LogP contribution < -0.4 is 5.32 Å². The van der Waals surface area contributed by atoms with Crippen LogP contribution in [0.5, 0.6) is 0 Å². The molecule has 0 radical (unpaired) electrons. The van der Waals surface area contributed by atoms with E-state index in [9.17, 15) is 13.6 Å². The van der Waals surface area contributed by atoms with Crippen LogP contribution in [-0.4, -0.2) is 37.5 Å². The SMILES string of the molecule is CNCCC1CCN(C(=O)C2CC2c2ccc(F)cc2F)CC1. The molecular weight excluding hydrogens is 298 g/mol. The lowest BCUT2D eigenvalue weighted by Crippen LogP contribution is -2.40. The number of piperidine rings is 1. The lowest BCUT2D eigenvalue weighted by Gasteiger charge is -2.32. The van der Waals surface area contributed by atoms with Gasteiger partial charge in [0.2, 0.25) is 5.91 Å². The minimum absolute atomic E-state index is 0.0786. The Hall–Kier alpha value is -1.49. The fraction of sp³-hybridized carbons (Fsp3) is 0.611. The van der Waals surface area contributed by atoms with Crippen LogP contribution in [0.2, 0.25) is 0 Å². The Balaban J connectivity index is 1.53. The van der Waals surface area contributed by atoms with Gasteiger partial charge in [-0.1, -0.05) is 6.07 Å². The third kappa shape index (κ3) is 3.71. The number of nitrogens with one attached hydrogen (secondary N) is 1. The maximum atomic E-state index is 13.8. The Bertz CT molecular complexity index is 570. The highest BCUT2D eigenvalue weighted by atomic mass is 19.1. The Kier molecular flexibility index (Phi) is 4.95. The molecule has 126 valence electrons. The monoisotopic (exact) mass is 322 g/mol. The van der Waals surface area contributed by atoms with Gasteiger partial charge in [-0.25, -0.2) is 8.78 Å². The number of likely N-dealkylation sites (tertiary alicyclic amines) is 1. The van der Waals surface area contributed by atoms with E-state index in [0.29, 0.717) is 17.9 Å². The Morgan fingerprint density at radius 2 is 2.04 bits per heavy atom. The molecule has 0 aromatic heterocycles. The van der Waals surface area contributed by atoms with Crippen molar-refractivity contribution >= 4 is 5.91 Å². The van der Waals surface area contributed by atoms with Gasteiger partial charge in [0.05, 0.1) is 0 Å². The molecule has 1 heterocycles. The highest BCUT2D eigenvalue weighted by molar-refractivity contribution is 5.83. The summed E-state index contributed by atoms with van der Waals surface area (Å²) in [4.78, 5) is 14.5. The maximum Gasteiger partial charge on any atom is 0.226 e. The zero-order valence-corrected chi connectivity index (χ0v) is 13.5. The summed E-state index contributed by atoms with van der Waals surface area (Å²) < 4.78 is 26.8. The first-order valence-corrected chi connectivity index (χ1v) is 8.48. The fourth-order valence-electron chi connectivity index (χ4n) is 3.64. The summed E-state index contributed by atoms with van der Waals surface area (Å²) in [6, 6.07) is 3.65. The molecule has 2 aliphatic rings. The molecule has 0 bridgehead atoms. The van der Waals surface area contributed by atoms with E-state index in [1.54, 1.807) is 0 Å². The largest absolute Gasteiger partial charge is 0.342 e. The van der Waals surface area contributed by atoms with E-state index in [1.807, 2.05) is 11.9 Å². The number of halogens is 2. The van der Waals surface area contributed by atoms with E-state index in [0.717, 1.165) is 45.0 Å². The zero-order valence-electron chi connectivity index (χ0n) is 13.5. The maximum absolute atomic E-state index is 13.8. The van der Waals surface area contributed by atoms with Crippen molar-refractivity contribution in [3.05, 3.63) is 35.4 Å². The zero-order chi connectivity index (χ0) is 16.4. The van der Waals surface area contributed by atoms with Crippen molar-refractivity contribution in [3.8, 4) is 0 Å². The topological polar surface area (TPSA) is 32.3 Å². The highest BCUT2D eigenvalue weighted by Gasteiger charge is 2.47. The Morgan fingerprint density at radius 3 is 2.70 bits per heavy atom. The van der Waals surface area contributed by atoms with Crippen LogP contribution in [0.3, 0.4) is 0 Å². The van der Waals surface area contributed by atoms with Gasteiger partial charge in [-0.05, 0) is 62.7 Å². The predicted octanol–water partition coefficient (Wildman–Crippen LogP) is 2.92. The molecule has 1 amide bonds. The molecule has 3 rings (SSSR count). The van der Waals surface area contributed by atoms with Gasteiger partial charge in [-0.3, -0.25) is 4.79 Å². The molecule has 1 aliphatic carbocycles. The number of nitrogens with zero attached hydrogens (tertiary/aromatic N) is 1. The second-order valence-electron chi connectivity index (χ2n) is 6.78. The van der Waals surface area contributed by atoms with Crippen LogP contribution in [0.4, 0.5) is 8.78 Å². The van der Waals surface area contributed by atoms with E-state index in [2.05, 4.69) is 5.32 Å². The molecule has 1 aliphatic heterocycles. The Labute approximate surface area is 136 Å². The first-order chi connectivity index (χ1) is 11.1. The molecule has 1 N–H and O–H groups in total.